The van der Waals surface area contributed by atoms with Crippen molar-refractivity contribution < 1.29 is 14.3 Å². The van der Waals surface area contributed by atoms with Crippen molar-refractivity contribution >= 4 is 17.5 Å². The summed E-state index contributed by atoms with van der Waals surface area (Å²) in [6.07, 6.45) is 0.216. The first-order valence-corrected chi connectivity index (χ1v) is 9.91. The number of benzene rings is 2. The molecule has 0 aliphatic carbocycles. The molecule has 1 N–H and O–H groups in total. The van der Waals surface area contributed by atoms with Gasteiger partial charge in [0.25, 0.3) is 0 Å². The second-order valence-electron chi connectivity index (χ2n) is 8.44. The molecule has 0 aromatic heterocycles. The van der Waals surface area contributed by atoms with Crippen molar-refractivity contribution in [3.05, 3.63) is 59.2 Å². The van der Waals surface area contributed by atoms with Gasteiger partial charge in [-0.05, 0) is 48.1 Å². The fourth-order valence-electron chi connectivity index (χ4n) is 2.99. The van der Waals surface area contributed by atoms with E-state index in [4.69, 9.17) is 4.74 Å². The van der Waals surface area contributed by atoms with Crippen LogP contribution in [0, 0.1) is 13.8 Å². The lowest BCUT2D eigenvalue weighted by molar-refractivity contribution is -0.133. The fraction of sp³-hybridized carbons (Fsp3) is 0.417. The van der Waals surface area contributed by atoms with Gasteiger partial charge in [-0.2, -0.15) is 0 Å². The summed E-state index contributed by atoms with van der Waals surface area (Å²) < 4.78 is 5.68. The average Bonchev–Trinajstić information content (AvgIpc) is 2.64. The van der Waals surface area contributed by atoms with Crippen molar-refractivity contribution in [2.24, 2.45) is 0 Å². The zero-order chi connectivity index (χ0) is 21.6. The third-order valence-corrected chi connectivity index (χ3v) is 4.86. The van der Waals surface area contributed by atoms with Crippen LogP contribution >= 0.6 is 0 Å². The minimum atomic E-state index is -0.211. The Labute approximate surface area is 174 Å². The monoisotopic (exact) mass is 396 g/mol. The molecular weight excluding hydrogens is 364 g/mol. The Kier molecular flexibility index (Phi) is 7.43. The van der Waals surface area contributed by atoms with E-state index in [-0.39, 0.29) is 36.8 Å². The van der Waals surface area contributed by atoms with Gasteiger partial charge in [-0.3, -0.25) is 9.59 Å². The summed E-state index contributed by atoms with van der Waals surface area (Å²) in [4.78, 5) is 26.0. The standard InChI is InChI=1S/C24H32N2O3/c1-17-8-7-9-18(2)23(17)25-21(27)16-26(6)22(28)14-15-29-20-12-10-19(11-13-20)24(3,4)5/h7-13H,14-16H2,1-6H3,(H,25,27). The maximum atomic E-state index is 12.3. The molecule has 0 saturated carbocycles. The Morgan fingerprint density at radius 2 is 1.59 bits per heavy atom. The van der Waals surface area contributed by atoms with Crippen LogP contribution in [0.25, 0.3) is 0 Å². The molecule has 0 atom stereocenters. The number of hydrogen-bond acceptors (Lipinski definition) is 3. The van der Waals surface area contributed by atoms with Crippen LogP contribution < -0.4 is 10.1 Å². The third kappa shape index (κ3) is 6.63. The molecule has 0 spiro atoms. The Balaban J connectivity index is 1.79. The number of hydrogen-bond donors (Lipinski definition) is 1. The molecule has 2 amide bonds. The number of carbonyl (C=O) groups is 2. The second-order valence-corrected chi connectivity index (χ2v) is 8.44. The number of carbonyl (C=O) groups excluding carboxylic acids is 2. The van der Waals surface area contributed by atoms with Gasteiger partial charge in [0.1, 0.15) is 5.75 Å². The van der Waals surface area contributed by atoms with Crippen LogP contribution in [0.3, 0.4) is 0 Å². The molecule has 156 valence electrons. The van der Waals surface area contributed by atoms with E-state index in [9.17, 15) is 9.59 Å². The highest BCUT2D eigenvalue weighted by Crippen LogP contribution is 2.24. The first-order chi connectivity index (χ1) is 13.6. The normalized spacial score (nSPS) is 11.1. The SMILES string of the molecule is Cc1cccc(C)c1NC(=O)CN(C)C(=O)CCOc1ccc(C(C)(C)C)cc1. The van der Waals surface area contributed by atoms with Crippen molar-refractivity contribution in [3.63, 3.8) is 0 Å². The molecule has 0 aliphatic heterocycles. The average molecular weight is 397 g/mol. The van der Waals surface area contributed by atoms with Gasteiger partial charge in [0, 0.05) is 12.7 Å². The molecule has 0 unspecified atom stereocenters. The molecule has 5 nitrogen and oxygen atoms in total. The molecule has 2 aromatic carbocycles. The summed E-state index contributed by atoms with van der Waals surface area (Å²) in [5, 5.41) is 2.90. The van der Waals surface area contributed by atoms with E-state index in [0.717, 1.165) is 22.6 Å². The Morgan fingerprint density at radius 1 is 1.00 bits per heavy atom. The Bertz CT molecular complexity index is 831. The predicted molar refractivity (Wildman–Crippen MR) is 117 cm³/mol. The number of nitrogens with one attached hydrogen (secondary N) is 1. The van der Waals surface area contributed by atoms with E-state index in [2.05, 4.69) is 26.1 Å². The first-order valence-electron chi connectivity index (χ1n) is 9.91. The van der Waals surface area contributed by atoms with Crippen LogP contribution in [0.15, 0.2) is 42.5 Å². The second kappa shape index (κ2) is 9.59. The summed E-state index contributed by atoms with van der Waals surface area (Å²) in [6.45, 7) is 10.7. The smallest absolute Gasteiger partial charge is 0.243 e. The summed E-state index contributed by atoms with van der Waals surface area (Å²) in [6, 6.07) is 13.8. The molecule has 0 heterocycles. The summed E-state index contributed by atoms with van der Waals surface area (Å²) in [5.41, 5.74) is 4.13. The minimum Gasteiger partial charge on any atom is -0.493 e. The highest BCUT2D eigenvalue weighted by atomic mass is 16.5. The van der Waals surface area contributed by atoms with Crippen molar-refractivity contribution in [3.8, 4) is 5.75 Å². The number of para-hydroxylation sites is 1. The topological polar surface area (TPSA) is 58.6 Å². The number of likely N-dealkylation sites (N-methyl/N-ethyl adjacent to an activating group) is 1. The van der Waals surface area contributed by atoms with Gasteiger partial charge in [-0.1, -0.05) is 51.1 Å². The number of rotatable bonds is 7. The van der Waals surface area contributed by atoms with Gasteiger partial charge >= 0.3 is 0 Å². The highest BCUT2D eigenvalue weighted by Gasteiger charge is 2.15. The van der Waals surface area contributed by atoms with Crippen molar-refractivity contribution in [1.29, 1.82) is 0 Å². The van der Waals surface area contributed by atoms with Crippen LogP contribution in [0.1, 0.15) is 43.9 Å². The molecule has 2 aromatic rings. The highest BCUT2D eigenvalue weighted by molar-refractivity contribution is 5.95. The molecule has 5 heteroatoms. The molecule has 0 fully saturated rings. The lowest BCUT2D eigenvalue weighted by Gasteiger charge is -2.19. The Morgan fingerprint density at radius 3 is 2.14 bits per heavy atom. The quantitative estimate of drug-likeness (QED) is 0.751. The van der Waals surface area contributed by atoms with E-state index < -0.39 is 0 Å². The largest absolute Gasteiger partial charge is 0.493 e. The molecule has 0 bridgehead atoms. The maximum Gasteiger partial charge on any atom is 0.243 e. The number of nitrogens with zero attached hydrogens (tertiary/aromatic N) is 1. The van der Waals surface area contributed by atoms with Crippen LogP contribution in [0.2, 0.25) is 0 Å². The summed E-state index contributed by atoms with van der Waals surface area (Å²) >= 11 is 0. The van der Waals surface area contributed by atoms with Crippen LogP contribution in [0.5, 0.6) is 5.75 Å². The van der Waals surface area contributed by atoms with Crippen LogP contribution in [-0.2, 0) is 15.0 Å². The number of ether oxygens (including phenoxy) is 1. The molecular formula is C24H32N2O3. The van der Waals surface area contributed by atoms with Gasteiger partial charge in [0.05, 0.1) is 19.6 Å². The van der Waals surface area contributed by atoms with Gasteiger partial charge in [-0.25, -0.2) is 0 Å². The molecule has 0 saturated heterocycles. The van der Waals surface area contributed by atoms with E-state index in [1.165, 1.54) is 10.5 Å². The van der Waals surface area contributed by atoms with E-state index in [1.54, 1.807) is 7.05 Å². The van der Waals surface area contributed by atoms with E-state index in [1.807, 2.05) is 56.3 Å². The lowest BCUT2D eigenvalue weighted by atomic mass is 9.87. The third-order valence-electron chi connectivity index (χ3n) is 4.86. The van der Waals surface area contributed by atoms with Crippen LogP contribution in [0.4, 0.5) is 5.69 Å². The van der Waals surface area contributed by atoms with Gasteiger partial charge in [-0.15, -0.1) is 0 Å². The lowest BCUT2D eigenvalue weighted by Crippen LogP contribution is -2.35. The summed E-state index contributed by atoms with van der Waals surface area (Å²) in [7, 11) is 1.63. The van der Waals surface area contributed by atoms with Gasteiger partial charge in [0.2, 0.25) is 11.8 Å². The van der Waals surface area contributed by atoms with E-state index >= 15 is 0 Å². The van der Waals surface area contributed by atoms with Gasteiger partial charge < -0.3 is 15.0 Å². The zero-order valence-electron chi connectivity index (χ0n) is 18.3. The number of aryl methyl sites for hydroxylation is 2. The fourth-order valence-corrected chi connectivity index (χ4v) is 2.99. The van der Waals surface area contributed by atoms with Crippen molar-refractivity contribution in [2.75, 3.05) is 25.5 Å². The minimum absolute atomic E-state index is 0.00683. The van der Waals surface area contributed by atoms with Crippen LogP contribution in [-0.4, -0.2) is 36.9 Å². The molecule has 2 rings (SSSR count). The maximum absolute atomic E-state index is 12.3. The van der Waals surface area contributed by atoms with Crippen molar-refractivity contribution in [2.45, 2.75) is 46.5 Å². The zero-order valence-corrected chi connectivity index (χ0v) is 18.3. The molecule has 29 heavy (non-hydrogen) atoms. The Hall–Kier alpha value is -2.82. The molecule has 0 radical (unpaired) electrons. The van der Waals surface area contributed by atoms with Crippen molar-refractivity contribution in [1.82, 2.24) is 4.90 Å². The summed E-state index contributed by atoms with van der Waals surface area (Å²) in [5.74, 6) is 0.395. The van der Waals surface area contributed by atoms with Gasteiger partial charge in [0.15, 0.2) is 0 Å². The first kappa shape index (κ1) is 22.5. The van der Waals surface area contributed by atoms with E-state index in [0.29, 0.717) is 0 Å². The number of amides is 2. The predicted octanol–water partition coefficient (Wildman–Crippen LogP) is 4.47. The molecule has 0 aliphatic rings. The number of anilines is 1.